The first kappa shape index (κ1) is 29.4. The minimum atomic E-state index is -0.637. The number of nitrogens with zero attached hydrogens (tertiary/aromatic N) is 2. The smallest absolute Gasteiger partial charge is 0.149 e. The zero-order chi connectivity index (χ0) is 26.9. The minimum Gasteiger partial charge on any atom is -0.507 e. The molecule has 2 unspecified atom stereocenters. The monoisotopic (exact) mass is 498 g/mol. The van der Waals surface area contributed by atoms with Crippen LogP contribution in [0.3, 0.4) is 0 Å². The van der Waals surface area contributed by atoms with Crippen molar-refractivity contribution in [2.75, 3.05) is 42.3 Å². The second-order valence-corrected chi connectivity index (χ2v) is 8.58. The minimum absolute atomic E-state index is 0.145. The van der Waals surface area contributed by atoms with Gasteiger partial charge in [-0.15, -0.1) is 0 Å². The van der Waals surface area contributed by atoms with Gasteiger partial charge in [0, 0.05) is 34.7 Å². The van der Waals surface area contributed by atoms with E-state index in [9.17, 15) is 10.2 Å². The maximum Gasteiger partial charge on any atom is 0.149 e. The van der Waals surface area contributed by atoms with E-state index in [1.165, 1.54) is 0 Å². The van der Waals surface area contributed by atoms with Crippen molar-refractivity contribution < 1.29 is 10.2 Å². The molecular formula is C26H42N8O2. The highest BCUT2D eigenvalue weighted by Gasteiger charge is 2.27. The number of rotatable bonds is 13. The Labute approximate surface area is 214 Å². The van der Waals surface area contributed by atoms with Crippen molar-refractivity contribution in [3.05, 3.63) is 58.7 Å². The quantitative estimate of drug-likeness (QED) is 0.151. The van der Waals surface area contributed by atoms with Crippen LogP contribution in [0, 0.1) is 0 Å². The predicted molar refractivity (Wildman–Crippen MR) is 148 cm³/mol. The van der Waals surface area contributed by atoms with E-state index >= 15 is 0 Å². The Hall–Kier alpha value is -2.86. The van der Waals surface area contributed by atoms with E-state index in [4.69, 9.17) is 0 Å². The first-order valence-electron chi connectivity index (χ1n) is 12.0. The average Bonchev–Trinajstić information content (AvgIpc) is 2.90. The van der Waals surface area contributed by atoms with Gasteiger partial charge in [-0.1, -0.05) is 12.1 Å². The lowest BCUT2D eigenvalue weighted by molar-refractivity contribution is 0.250. The SMILES string of the molecule is CNC(NC)(NC)c1ccc(O)c(C=NC(C)C(C)N=Cc2cc(C(NC)(NC)NC)ccc2O)c1. The van der Waals surface area contributed by atoms with Crippen LogP contribution < -0.4 is 31.9 Å². The molecule has 0 aliphatic rings. The van der Waals surface area contributed by atoms with Gasteiger partial charge in [-0.3, -0.25) is 41.9 Å². The van der Waals surface area contributed by atoms with Gasteiger partial charge in [0.1, 0.15) is 23.1 Å². The number of aliphatic imine (C=N–C) groups is 2. The first-order chi connectivity index (χ1) is 17.1. The molecule has 10 nitrogen and oxygen atoms in total. The predicted octanol–water partition coefficient (Wildman–Crippen LogP) is 0.950. The molecule has 2 atom stereocenters. The summed E-state index contributed by atoms with van der Waals surface area (Å²) in [7, 11) is 11.1. The van der Waals surface area contributed by atoms with E-state index < -0.39 is 11.6 Å². The summed E-state index contributed by atoms with van der Waals surface area (Å²) < 4.78 is 0. The van der Waals surface area contributed by atoms with Crippen LogP contribution in [0.25, 0.3) is 0 Å². The summed E-state index contributed by atoms with van der Waals surface area (Å²) in [5.74, 6) is -0.984. The third-order valence-electron chi connectivity index (χ3n) is 6.77. The van der Waals surface area contributed by atoms with Gasteiger partial charge in [0.2, 0.25) is 0 Å². The lowest BCUT2D eigenvalue weighted by Gasteiger charge is -2.33. The van der Waals surface area contributed by atoms with Crippen molar-refractivity contribution >= 4 is 12.4 Å². The van der Waals surface area contributed by atoms with E-state index in [1.54, 1.807) is 24.6 Å². The van der Waals surface area contributed by atoms with Crippen LogP contribution >= 0.6 is 0 Å². The Morgan fingerprint density at radius 1 is 0.611 bits per heavy atom. The molecule has 0 heterocycles. The molecule has 0 aliphatic heterocycles. The Morgan fingerprint density at radius 2 is 0.917 bits per heavy atom. The molecule has 10 heteroatoms. The fourth-order valence-electron chi connectivity index (χ4n) is 4.04. The molecule has 36 heavy (non-hydrogen) atoms. The summed E-state index contributed by atoms with van der Waals surface area (Å²) >= 11 is 0. The zero-order valence-electron chi connectivity index (χ0n) is 22.6. The molecule has 198 valence electrons. The fourth-order valence-corrected chi connectivity index (χ4v) is 4.04. The van der Waals surface area contributed by atoms with Gasteiger partial charge in [0.25, 0.3) is 0 Å². The van der Waals surface area contributed by atoms with Crippen LogP contribution in [0.2, 0.25) is 0 Å². The highest BCUT2D eigenvalue weighted by atomic mass is 16.3. The molecular weight excluding hydrogens is 456 g/mol. The van der Waals surface area contributed by atoms with Crippen LogP contribution in [0.1, 0.15) is 36.1 Å². The zero-order valence-corrected chi connectivity index (χ0v) is 22.6. The third-order valence-corrected chi connectivity index (χ3v) is 6.77. The van der Waals surface area contributed by atoms with E-state index in [1.807, 2.05) is 80.4 Å². The summed E-state index contributed by atoms with van der Waals surface area (Å²) in [6.45, 7) is 3.92. The van der Waals surface area contributed by atoms with Crippen molar-refractivity contribution in [1.29, 1.82) is 0 Å². The summed E-state index contributed by atoms with van der Waals surface area (Å²) in [4.78, 5) is 9.27. The standard InChI is InChI=1S/C26H42N8O2/c1-17(33-15-19-13-21(9-11-23(19)35)25(27-3,28-4)29-5)18(2)34-16-20-14-22(10-12-24(20)36)26(30-6,31-7)32-8/h9-18,27-32,35-36H,1-8H3. The van der Waals surface area contributed by atoms with Crippen LogP contribution in [-0.4, -0.2) is 77.0 Å². The lowest BCUT2D eigenvalue weighted by Crippen LogP contribution is -2.60. The Morgan fingerprint density at radius 3 is 1.19 bits per heavy atom. The van der Waals surface area contributed by atoms with Gasteiger partial charge in [-0.25, -0.2) is 0 Å². The second kappa shape index (κ2) is 12.9. The van der Waals surface area contributed by atoms with Crippen LogP contribution in [-0.2, 0) is 11.6 Å². The van der Waals surface area contributed by atoms with E-state index in [-0.39, 0.29) is 23.6 Å². The molecule has 2 rings (SSSR count). The molecule has 0 saturated carbocycles. The van der Waals surface area contributed by atoms with Crippen molar-refractivity contribution in [3.8, 4) is 11.5 Å². The van der Waals surface area contributed by atoms with E-state index in [0.29, 0.717) is 11.1 Å². The highest BCUT2D eigenvalue weighted by Crippen LogP contribution is 2.24. The summed E-state index contributed by atoms with van der Waals surface area (Å²) in [5, 5.41) is 40.1. The van der Waals surface area contributed by atoms with Crippen LogP contribution in [0.4, 0.5) is 0 Å². The van der Waals surface area contributed by atoms with Crippen molar-refractivity contribution in [2.24, 2.45) is 9.98 Å². The topological polar surface area (TPSA) is 137 Å². The molecule has 2 aromatic rings. The van der Waals surface area contributed by atoms with Gasteiger partial charge < -0.3 is 10.2 Å². The molecule has 0 fully saturated rings. The Kier molecular flexibility index (Phi) is 10.5. The van der Waals surface area contributed by atoms with Gasteiger partial charge >= 0.3 is 0 Å². The summed E-state index contributed by atoms with van der Waals surface area (Å²) in [5.41, 5.74) is 3.02. The molecule has 0 amide bonds. The van der Waals surface area contributed by atoms with E-state index in [2.05, 4.69) is 41.9 Å². The number of nitrogens with one attached hydrogen (secondary N) is 6. The number of hydrogen-bond donors (Lipinski definition) is 8. The Bertz CT molecular complexity index is 948. The number of phenols is 2. The van der Waals surface area contributed by atoms with Gasteiger partial charge in [-0.2, -0.15) is 0 Å². The summed E-state index contributed by atoms with van der Waals surface area (Å²) in [6.07, 6.45) is 3.33. The van der Waals surface area contributed by atoms with Crippen molar-refractivity contribution in [2.45, 2.75) is 37.5 Å². The number of hydrogen-bond acceptors (Lipinski definition) is 10. The number of phenolic OH excluding ortho intramolecular Hbond substituents is 2. The largest absolute Gasteiger partial charge is 0.507 e. The maximum absolute atomic E-state index is 10.4. The Balaban J connectivity index is 2.24. The van der Waals surface area contributed by atoms with Gasteiger partial charge in [0.05, 0.1) is 12.1 Å². The molecule has 2 aromatic carbocycles. The molecule has 0 radical (unpaired) electrons. The highest BCUT2D eigenvalue weighted by molar-refractivity contribution is 5.85. The molecule has 0 aromatic heterocycles. The summed E-state index contributed by atoms with van der Waals surface area (Å²) in [6, 6.07) is 10.4. The van der Waals surface area contributed by atoms with Crippen molar-refractivity contribution in [3.63, 3.8) is 0 Å². The van der Waals surface area contributed by atoms with Gasteiger partial charge in [0.15, 0.2) is 0 Å². The third kappa shape index (κ3) is 6.28. The molecule has 0 spiro atoms. The maximum atomic E-state index is 10.4. The van der Waals surface area contributed by atoms with Crippen molar-refractivity contribution in [1.82, 2.24) is 31.9 Å². The van der Waals surface area contributed by atoms with Crippen LogP contribution in [0.15, 0.2) is 46.4 Å². The number of aromatic hydroxyl groups is 2. The second-order valence-electron chi connectivity index (χ2n) is 8.58. The molecule has 0 bridgehead atoms. The van der Waals surface area contributed by atoms with Crippen LogP contribution in [0.5, 0.6) is 11.5 Å². The molecule has 8 N–H and O–H groups in total. The lowest BCUT2D eigenvalue weighted by atomic mass is 10.0. The normalized spacial score (nSPS) is 14.6. The number of benzene rings is 2. The van der Waals surface area contributed by atoms with Gasteiger partial charge in [-0.05, 0) is 80.4 Å². The molecule has 0 aliphatic carbocycles. The molecule has 0 saturated heterocycles. The average molecular weight is 499 g/mol. The fraction of sp³-hybridized carbons (Fsp3) is 0.462. The first-order valence-corrected chi connectivity index (χ1v) is 12.0. The van der Waals surface area contributed by atoms with E-state index in [0.717, 1.165) is 11.1 Å².